The molecular weight excluding hydrogens is 348 g/mol. The largest absolute Gasteiger partial charge is 0.481 e. The number of carboxylic acids is 1. The number of carbonyl (C=O) groups excluding carboxylic acids is 1. The average molecular weight is 368 g/mol. The molecule has 2 heterocycles. The van der Waals surface area contributed by atoms with E-state index in [2.05, 4.69) is 10.4 Å². The van der Waals surface area contributed by atoms with Crippen LogP contribution in [0.15, 0.2) is 53.5 Å². The number of rotatable bonds is 6. The molecule has 0 atom stereocenters. The van der Waals surface area contributed by atoms with Crippen LogP contribution in [0.3, 0.4) is 0 Å². The van der Waals surface area contributed by atoms with Gasteiger partial charge in [0, 0.05) is 18.3 Å². The van der Waals surface area contributed by atoms with Crippen molar-refractivity contribution >= 4 is 23.2 Å². The van der Waals surface area contributed by atoms with E-state index in [-0.39, 0.29) is 24.6 Å². The number of aromatic nitrogens is 3. The van der Waals surface area contributed by atoms with Crippen LogP contribution in [-0.2, 0) is 21.5 Å². The zero-order valence-corrected chi connectivity index (χ0v) is 15.0. The van der Waals surface area contributed by atoms with Gasteiger partial charge in [0.2, 0.25) is 5.91 Å². The van der Waals surface area contributed by atoms with Gasteiger partial charge < -0.3 is 10.4 Å². The summed E-state index contributed by atoms with van der Waals surface area (Å²) in [4.78, 5) is 35.6. The number of nitrogens with zero attached hydrogens (tertiary/aromatic N) is 3. The Hall–Kier alpha value is -3.42. The molecule has 140 valence electrons. The molecule has 8 heteroatoms. The van der Waals surface area contributed by atoms with Crippen LogP contribution in [0.5, 0.6) is 0 Å². The molecule has 3 aromatic rings. The lowest BCUT2D eigenvalue weighted by atomic mass is 9.85. The van der Waals surface area contributed by atoms with Crippen molar-refractivity contribution in [3.8, 4) is 0 Å². The highest BCUT2D eigenvalue weighted by molar-refractivity contribution is 5.90. The van der Waals surface area contributed by atoms with E-state index in [9.17, 15) is 19.5 Å². The number of fused-ring (bicyclic) bond motifs is 1. The molecule has 2 aromatic heterocycles. The molecule has 3 rings (SSSR count). The Morgan fingerprint density at radius 3 is 2.48 bits per heavy atom. The summed E-state index contributed by atoms with van der Waals surface area (Å²) in [7, 11) is 0. The lowest BCUT2D eigenvalue weighted by Crippen LogP contribution is -2.28. The van der Waals surface area contributed by atoms with Gasteiger partial charge in [-0.3, -0.25) is 14.0 Å². The SMILES string of the molecule is CC(C)(C(=O)O)c1ccc(NC(=O)CCn2nc3ccccn3c2=O)cc1. The Balaban J connectivity index is 1.63. The molecular formula is C19H20N4O4. The lowest BCUT2D eigenvalue weighted by Gasteiger charge is -2.19. The highest BCUT2D eigenvalue weighted by atomic mass is 16.4. The minimum absolute atomic E-state index is 0.0894. The fourth-order valence-electron chi connectivity index (χ4n) is 2.64. The summed E-state index contributed by atoms with van der Waals surface area (Å²) in [5.41, 5.74) is 0.432. The number of benzene rings is 1. The third-order valence-corrected chi connectivity index (χ3v) is 4.46. The van der Waals surface area contributed by atoms with E-state index >= 15 is 0 Å². The van der Waals surface area contributed by atoms with E-state index in [0.29, 0.717) is 16.9 Å². The molecule has 0 aliphatic heterocycles. The highest BCUT2D eigenvalue weighted by Crippen LogP contribution is 2.24. The molecule has 0 radical (unpaired) electrons. The Morgan fingerprint density at radius 2 is 1.85 bits per heavy atom. The number of hydrogen-bond acceptors (Lipinski definition) is 4. The van der Waals surface area contributed by atoms with E-state index in [1.54, 1.807) is 62.5 Å². The molecule has 0 aliphatic carbocycles. The molecule has 0 spiro atoms. The van der Waals surface area contributed by atoms with Crippen molar-refractivity contribution in [2.24, 2.45) is 0 Å². The number of carbonyl (C=O) groups is 2. The third-order valence-electron chi connectivity index (χ3n) is 4.46. The average Bonchev–Trinajstić information content (AvgIpc) is 2.96. The van der Waals surface area contributed by atoms with Crippen molar-refractivity contribution in [1.29, 1.82) is 0 Å². The molecule has 0 bridgehead atoms. The van der Waals surface area contributed by atoms with E-state index in [1.807, 2.05) is 0 Å². The smallest absolute Gasteiger partial charge is 0.350 e. The molecule has 0 aliphatic rings. The minimum Gasteiger partial charge on any atom is -0.481 e. The first-order valence-electron chi connectivity index (χ1n) is 8.47. The minimum atomic E-state index is -1.01. The highest BCUT2D eigenvalue weighted by Gasteiger charge is 2.29. The second-order valence-corrected chi connectivity index (χ2v) is 6.74. The van der Waals surface area contributed by atoms with Crippen LogP contribution in [0, 0.1) is 0 Å². The molecule has 1 aromatic carbocycles. The number of carboxylic acid groups (broad SMARTS) is 1. The zero-order valence-electron chi connectivity index (χ0n) is 15.0. The number of amides is 1. The van der Waals surface area contributed by atoms with Crippen molar-refractivity contribution in [2.75, 3.05) is 5.32 Å². The van der Waals surface area contributed by atoms with Gasteiger partial charge in [0.05, 0.1) is 12.0 Å². The lowest BCUT2D eigenvalue weighted by molar-refractivity contribution is -0.142. The van der Waals surface area contributed by atoms with Crippen molar-refractivity contribution in [3.05, 3.63) is 64.7 Å². The standard InChI is InChI=1S/C19H20N4O4/c1-19(2,17(25)26)13-6-8-14(9-7-13)20-16(24)10-12-23-18(27)22-11-4-3-5-15(22)21-23/h3-9,11H,10,12H2,1-2H3,(H,20,24)(H,25,26). The molecule has 0 saturated heterocycles. The first-order chi connectivity index (χ1) is 12.8. The second-order valence-electron chi connectivity index (χ2n) is 6.74. The summed E-state index contributed by atoms with van der Waals surface area (Å²) in [6, 6.07) is 11.9. The predicted molar refractivity (Wildman–Crippen MR) is 99.8 cm³/mol. The molecule has 0 saturated carbocycles. The van der Waals surface area contributed by atoms with Gasteiger partial charge in [0.1, 0.15) is 0 Å². The van der Waals surface area contributed by atoms with Crippen LogP contribution in [0.4, 0.5) is 5.69 Å². The first kappa shape index (κ1) is 18.4. The number of aliphatic carboxylic acids is 1. The van der Waals surface area contributed by atoms with Crippen LogP contribution in [0.1, 0.15) is 25.8 Å². The van der Waals surface area contributed by atoms with E-state index < -0.39 is 11.4 Å². The quantitative estimate of drug-likeness (QED) is 0.691. The first-order valence-corrected chi connectivity index (χ1v) is 8.47. The zero-order chi connectivity index (χ0) is 19.6. The monoisotopic (exact) mass is 368 g/mol. The van der Waals surface area contributed by atoms with E-state index in [4.69, 9.17) is 0 Å². The second kappa shape index (κ2) is 7.06. The summed E-state index contributed by atoms with van der Waals surface area (Å²) in [6.07, 6.45) is 1.72. The van der Waals surface area contributed by atoms with Crippen molar-refractivity contribution < 1.29 is 14.7 Å². The number of anilines is 1. The van der Waals surface area contributed by atoms with Gasteiger partial charge in [-0.25, -0.2) is 9.48 Å². The van der Waals surface area contributed by atoms with Crippen LogP contribution >= 0.6 is 0 Å². The number of hydrogen-bond donors (Lipinski definition) is 2. The summed E-state index contributed by atoms with van der Waals surface area (Å²) in [5, 5.41) is 16.2. The number of aryl methyl sites for hydroxylation is 1. The van der Waals surface area contributed by atoms with Gasteiger partial charge in [-0.05, 0) is 43.7 Å². The van der Waals surface area contributed by atoms with Crippen molar-refractivity contribution in [1.82, 2.24) is 14.2 Å². The predicted octanol–water partition coefficient (Wildman–Crippen LogP) is 1.89. The Morgan fingerprint density at radius 1 is 1.15 bits per heavy atom. The van der Waals surface area contributed by atoms with Crippen LogP contribution in [-0.4, -0.2) is 31.2 Å². The fraction of sp³-hybridized carbons (Fsp3) is 0.263. The summed E-state index contributed by atoms with van der Waals surface area (Å²) in [6.45, 7) is 3.40. The molecule has 0 fully saturated rings. The number of nitrogens with one attached hydrogen (secondary N) is 1. The van der Waals surface area contributed by atoms with Crippen molar-refractivity contribution in [3.63, 3.8) is 0 Å². The van der Waals surface area contributed by atoms with Crippen molar-refractivity contribution in [2.45, 2.75) is 32.2 Å². The van der Waals surface area contributed by atoms with E-state index in [1.165, 1.54) is 9.08 Å². The fourth-order valence-corrected chi connectivity index (χ4v) is 2.64. The molecule has 27 heavy (non-hydrogen) atoms. The number of pyridine rings is 1. The normalized spacial score (nSPS) is 11.5. The Labute approximate surface area is 155 Å². The summed E-state index contributed by atoms with van der Waals surface area (Å²) >= 11 is 0. The van der Waals surface area contributed by atoms with Gasteiger partial charge in [0.25, 0.3) is 0 Å². The molecule has 0 unspecified atom stereocenters. The molecule has 8 nitrogen and oxygen atoms in total. The van der Waals surface area contributed by atoms with Crippen LogP contribution < -0.4 is 11.0 Å². The third kappa shape index (κ3) is 3.74. The van der Waals surface area contributed by atoms with Gasteiger partial charge in [-0.1, -0.05) is 18.2 Å². The maximum absolute atomic E-state index is 12.2. The topological polar surface area (TPSA) is 106 Å². The van der Waals surface area contributed by atoms with Gasteiger partial charge in [0.15, 0.2) is 5.65 Å². The van der Waals surface area contributed by atoms with E-state index in [0.717, 1.165) is 0 Å². The van der Waals surface area contributed by atoms with Gasteiger partial charge in [-0.2, -0.15) is 0 Å². The molecule has 1 amide bonds. The summed E-state index contributed by atoms with van der Waals surface area (Å²) < 4.78 is 2.67. The maximum atomic E-state index is 12.2. The summed E-state index contributed by atoms with van der Waals surface area (Å²) in [5.74, 6) is -1.18. The maximum Gasteiger partial charge on any atom is 0.350 e. The van der Waals surface area contributed by atoms with Crippen LogP contribution in [0.2, 0.25) is 0 Å². The van der Waals surface area contributed by atoms with Gasteiger partial charge in [-0.15, -0.1) is 5.10 Å². The van der Waals surface area contributed by atoms with Gasteiger partial charge >= 0.3 is 11.7 Å². The Bertz CT molecular complexity index is 1050. The Kier molecular flexibility index (Phi) is 4.81. The molecule has 2 N–H and O–H groups in total. The van der Waals surface area contributed by atoms with Crippen LogP contribution in [0.25, 0.3) is 5.65 Å².